The van der Waals surface area contributed by atoms with Gasteiger partial charge in [0.05, 0.1) is 112 Å². The second-order valence-corrected chi connectivity index (χ2v) is 29.4. The van der Waals surface area contributed by atoms with Gasteiger partial charge in [-0.15, -0.1) is 45.3 Å². The Labute approximate surface area is 673 Å². The second-order valence-electron chi connectivity index (χ2n) is 25.8. The topological polar surface area (TPSA) is 344 Å². The first-order valence-corrected chi connectivity index (χ1v) is 39.2. The van der Waals surface area contributed by atoms with E-state index in [0.717, 1.165) is 160 Å². The van der Waals surface area contributed by atoms with Gasteiger partial charge in [0, 0.05) is 67.0 Å². The first-order chi connectivity index (χ1) is 57.0. The summed E-state index contributed by atoms with van der Waals surface area (Å²) >= 11 is 6.18. The number of rotatable bonds is 19. The highest BCUT2D eigenvalue weighted by Gasteiger charge is 2.31. The number of benzene rings is 8. The van der Waals surface area contributed by atoms with Crippen LogP contribution in [0.15, 0.2) is 240 Å². The molecule has 117 heavy (non-hydrogen) atoms. The van der Waals surface area contributed by atoms with Crippen molar-refractivity contribution in [1.82, 2.24) is 80.7 Å². The van der Waals surface area contributed by atoms with Crippen molar-refractivity contribution in [2.45, 2.75) is 25.9 Å². The molecule has 0 spiro atoms. The largest absolute Gasteiger partial charge is 0.494 e. The van der Waals surface area contributed by atoms with Crippen molar-refractivity contribution >= 4 is 222 Å². The fourth-order valence-electron chi connectivity index (χ4n) is 12.2. The molecule has 0 amide bonds. The fourth-order valence-corrected chi connectivity index (χ4v) is 15.3. The van der Waals surface area contributed by atoms with Crippen LogP contribution in [0, 0.1) is 0 Å². The standard InChI is InChI=1S/C21H18N6OS.2C20H13F3N6S.C20H16N6OS/c1-2-28-16-6-3-14(4-7-16)24-21-25-18-9-10-29-19(18)20(26-21)23-15-5-8-17-13(11-15)12-22-27-17;21-20(22,23)12-1-3-13(4-2-12)26-19-27-16-7-8-30-17(16)18(28-19)25-14-5-6-15-11(9-14)10-24-29-15;21-20(22,23)12-2-1-3-13(9-12)26-19-27-16-6-7-30-17(16)18(28-19)25-14-4-5-15-11(8-14)10-24-29-15;27-11-12-1-3-14(4-2-12)23-20-24-17-7-8-28-18(17)19(25-20)22-15-5-6-16-13(9-15)10-21-26-16/h3-12H,2H2,1H3,(H,22,27)(H2,23,24,25,26);2*1-10H,(H,24,29)(H2,25,26,27,28);1-10,27H,11H2,(H,21,26)(H2,22,23,24,25). The maximum atomic E-state index is 13.0. The number of thiophene rings is 4. The molecule has 36 heteroatoms. The van der Waals surface area contributed by atoms with Crippen LogP contribution in [-0.2, 0) is 19.0 Å². The summed E-state index contributed by atoms with van der Waals surface area (Å²) in [6.45, 7) is 2.63. The van der Waals surface area contributed by atoms with Gasteiger partial charge in [0.1, 0.15) is 5.75 Å². The molecule has 0 bridgehead atoms. The van der Waals surface area contributed by atoms with Crippen LogP contribution in [0.1, 0.15) is 23.6 Å². The Balaban J connectivity index is 0.000000112. The molecule has 0 saturated heterocycles. The molecule has 0 aliphatic carbocycles. The third-order valence-electron chi connectivity index (χ3n) is 17.8. The van der Waals surface area contributed by atoms with Crippen LogP contribution >= 0.6 is 45.3 Å². The van der Waals surface area contributed by atoms with Crippen molar-refractivity contribution in [3.63, 3.8) is 0 Å². The fraction of sp³-hybridized carbons (Fsp3) is 0.0617. The van der Waals surface area contributed by atoms with Gasteiger partial charge >= 0.3 is 12.4 Å². The number of fused-ring (bicyclic) bond motifs is 8. The molecule has 26 nitrogen and oxygen atoms in total. The molecule has 0 radical (unpaired) electrons. The van der Waals surface area contributed by atoms with E-state index in [1.165, 1.54) is 46.9 Å². The number of hydrogen-bond donors (Lipinski definition) is 13. The Hall–Kier alpha value is -14.5. The van der Waals surface area contributed by atoms with Crippen molar-refractivity contribution < 1.29 is 36.2 Å². The molecule has 0 aliphatic rings. The molecule has 0 atom stereocenters. The number of nitrogens with one attached hydrogen (secondary N) is 12. The Morgan fingerprint density at radius 3 is 0.966 bits per heavy atom. The lowest BCUT2D eigenvalue weighted by Gasteiger charge is -2.12. The number of nitrogens with zero attached hydrogens (tertiary/aromatic N) is 12. The molecule has 0 aliphatic heterocycles. The van der Waals surface area contributed by atoms with Crippen molar-refractivity contribution in [2.75, 3.05) is 49.1 Å². The first-order valence-electron chi connectivity index (χ1n) is 35.6. The maximum Gasteiger partial charge on any atom is 0.416 e. The zero-order valence-electron chi connectivity index (χ0n) is 60.6. The summed E-state index contributed by atoms with van der Waals surface area (Å²) in [4.78, 5) is 36.5. The number of halogens is 6. The molecule has 13 N–H and O–H groups in total. The number of anilines is 16. The first kappa shape index (κ1) is 75.2. The van der Waals surface area contributed by atoms with E-state index in [-0.39, 0.29) is 24.2 Å². The number of alkyl halides is 6. The van der Waals surface area contributed by atoms with Crippen LogP contribution in [-0.4, -0.2) is 92.4 Å². The number of aromatic nitrogens is 16. The van der Waals surface area contributed by atoms with Gasteiger partial charge in [0.2, 0.25) is 23.8 Å². The number of hydrogen-bond acceptors (Lipinski definition) is 26. The molecule has 0 saturated carbocycles. The van der Waals surface area contributed by atoms with Crippen molar-refractivity contribution in [1.29, 1.82) is 0 Å². The van der Waals surface area contributed by atoms with Crippen LogP contribution in [0.4, 0.5) is 119 Å². The minimum absolute atomic E-state index is 0.0206. The molecule has 8 aromatic carbocycles. The number of aliphatic hydroxyl groups excluding tert-OH is 1. The van der Waals surface area contributed by atoms with Gasteiger partial charge < -0.3 is 52.4 Å². The summed E-state index contributed by atoms with van der Waals surface area (Å²) in [5.41, 5.74) is 12.4. The lowest BCUT2D eigenvalue weighted by molar-refractivity contribution is -0.138. The molecule has 0 unspecified atom stereocenters. The molecule has 20 aromatic rings. The van der Waals surface area contributed by atoms with E-state index >= 15 is 0 Å². The quantitative estimate of drug-likeness (QED) is 0.0334. The van der Waals surface area contributed by atoms with Gasteiger partial charge in [-0.3, -0.25) is 20.4 Å². The Morgan fingerprint density at radius 2 is 0.641 bits per heavy atom. The number of H-pyrrole nitrogens is 4. The van der Waals surface area contributed by atoms with Crippen LogP contribution in [0.5, 0.6) is 5.75 Å². The van der Waals surface area contributed by atoms with Gasteiger partial charge in [-0.25, -0.2) is 19.9 Å². The van der Waals surface area contributed by atoms with Gasteiger partial charge in [0.25, 0.3) is 0 Å². The van der Waals surface area contributed by atoms with Crippen LogP contribution in [0.2, 0.25) is 0 Å². The van der Waals surface area contributed by atoms with Crippen molar-refractivity contribution in [3.8, 4) is 5.75 Å². The van der Waals surface area contributed by atoms with Gasteiger partial charge in [0.15, 0.2) is 23.3 Å². The average molecular weight is 1640 g/mol. The van der Waals surface area contributed by atoms with E-state index in [4.69, 9.17) is 9.72 Å². The second kappa shape index (κ2) is 32.9. The van der Waals surface area contributed by atoms with Gasteiger partial charge in [-0.05, 0) is 210 Å². The normalized spacial score (nSPS) is 11.5. The number of aliphatic hydroxyl groups is 1. The minimum atomic E-state index is -4.42. The highest BCUT2D eigenvalue weighted by atomic mass is 32.1. The third kappa shape index (κ3) is 17.7. The smallest absolute Gasteiger partial charge is 0.416 e. The molecule has 12 heterocycles. The van der Waals surface area contributed by atoms with E-state index in [1.54, 1.807) is 47.5 Å². The average Bonchev–Trinajstić information content (AvgIpc) is 1.66. The Morgan fingerprint density at radius 1 is 0.333 bits per heavy atom. The molecule has 12 aromatic heterocycles. The van der Waals surface area contributed by atoms with E-state index in [0.29, 0.717) is 41.3 Å². The maximum absolute atomic E-state index is 13.0. The van der Waals surface area contributed by atoms with E-state index in [2.05, 4.69) is 118 Å². The monoisotopic (exact) mass is 1640 g/mol. The summed E-state index contributed by atoms with van der Waals surface area (Å²) in [6, 6.07) is 56.2. The summed E-state index contributed by atoms with van der Waals surface area (Å²) in [6.07, 6.45) is -1.74. The summed E-state index contributed by atoms with van der Waals surface area (Å²) in [5, 5.41) is 74.6. The van der Waals surface area contributed by atoms with Crippen molar-refractivity contribution in [3.05, 3.63) is 257 Å². The van der Waals surface area contributed by atoms with E-state index in [1.807, 2.05) is 174 Å². The Bertz CT molecular complexity index is 6880. The predicted molar refractivity (Wildman–Crippen MR) is 453 cm³/mol. The van der Waals surface area contributed by atoms with Crippen LogP contribution in [0.3, 0.4) is 0 Å². The molecule has 582 valence electrons. The van der Waals surface area contributed by atoms with E-state index in [9.17, 15) is 31.4 Å². The molecule has 20 rings (SSSR count). The molecule has 0 fully saturated rings. The summed E-state index contributed by atoms with van der Waals surface area (Å²) in [7, 11) is 0. The lowest BCUT2D eigenvalue weighted by Crippen LogP contribution is -2.06. The Kier molecular flexibility index (Phi) is 21.2. The third-order valence-corrected chi connectivity index (χ3v) is 21.4. The van der Waals surface area contributed by atoms with Crippen LogP contribution in [0.25, 0.3) is 84.5 Å². The highest BCUT2D eigenvalue weighted by Crippen LogP contribution is 2.39. The number of aromatic amines is 4. The zero-order valence-corrected chi connectivity index (χ0v) is 63.9. The summed E-state index contributed by atoms with van der Waals surface area (Å²) in [5.74, 6) is 5.04. The minimum Gasteiger partial charge on any atom is -0.494 e. The SMILES string of the molecule is CCOc1ccc(Nc2nc(Nc3ccc4[nH]ncc4c3)c3sccc3n2)cc1.FC(F)(F)c1ccc(Nc2nc(Nc3ccc4[nH]ncc4c3)c3sccc3n2)cc1.FC(F)(F)c1cccc(Nc2nc(Nc3ccc4[nH]ncc4c3)c3sccc3n2)c1.OCc1ccc(Nc2nc(Nc3ccc4[nH]ncc4c3)c3sccc3n2)cc1. The van der Waals surface area contributed by atoms with Crippen LogP contribution < -0.4 is 47.3 Å². The summed E-state index contributed by atoms with van der Waals surface area (Å²) < 4.78 is 86.5. The molecular formula is C81H60F6N24O2S4. The van der Waals surface area contributed by atoms with Crippen molar-refractivity contribution in [2.24, 2.45) is 0 Å². The van der Waals surface area contributed by atoms with E-state index < -0.39 is 23.5 Å². The predicted octanol–water partition coefficient (Wildman–Crippen LogP) is 22.1. The van der Waals surface area contributed by atoms with Gasteiger partial charge in [-0.1, -0.05) is 18.2 Å². The molecular weight excluding hydrogens is 1580 g/mol. The van der Waals surface area contributed by atoms with Gasteiger partial charge in [-0.2, -0.15) is 66.7 Å². The highest BCUT2D eigenvalue weighted by molar-refractivity contribution is 7.18. The zero-order chi connectivity index (χ0) is 80.0. The lowest BCUT2D eigenvalue weighted by atomic mass is 10.2. The number of ether oxygens (including phenoxy) is 1.